The first-order valence-corrected chi connectivity index (χ1v) is 5.97. The molecule has 3 aromatic rings. The minimum atomic E-state index is 0.490. The lowest BCUT2D eigenvalue weighted by atomic mass is 10.2. The molecule has 0 saturated carbocycles. The summed E-state index contributed by atoms with van der Waals surface area (Å²) in [5.74, 6) is 0.736. The van der Waals surface area contributed by atoms with Crippen molar-refractivity contribution in [3.8, 4) is 5.75 Å². The molecule has 2 aromatic carbocycles. The summed E-state index contributed by atoms with van der Waals surface area (Å²) in [6, 6.07) is 15.5. The number of aromatic amines is 1. The van der Waals surface area contributed by atoms with E-state index in [-0.39, 0.29) is 0 Å². The zero-order valence-electron chi connectivity index (χ0n) is 10.2. The second-order valence-electron chi connectivity index (χ2n) is 4.21. The van der Waals surface area contributed by atoms with E-state index in [2.05, 4.69) is 10.2 Å². The molecule has 1 heterocycles. The number of carbonyl (C=O) groups is 1. The third kappa shape index (κ3) is 2.33. The van der Waals surface area contributed by atoms with E-state index in [0.717, 1.165) is 28.5 Å². The van der Waals surface area contributed by atoms with Gasteiger partial charge in [0.25, 0.3) is 0 Å². The fourth-order valence-corrected chi connectivity index (χ4v) is 1.93. The predicted molar refractivity (Wildman–Crippen MR) is 72.3 cm³/mol. The fraction of sp³-hybridized carbons (Fsp3) is 0.0667. The number of fused-ring (bicyclic) bond motifs is 1. The van der Waals surface area contributed by atoms with E-state index >= 15 is 0 Å². The fourth-order valence-electron chi connectivity index (χ4n) is 1.93. The molecule has 4 heteroatoms. The van der Waals surface area contributed by atoms with Gasteiger partial charge in [-0.3, -0.25) is 9.89 Å². The van der Waals surface area contributed by atoms with Crippen LogP contribution in [0.1, 0.15) is 16.1 Å². The van der Waals surface area contributed by atoms with Gasteiger partial charge < -0.3 is 4.74 Å². The van der Waals surface area contributed by atoms with E-state index in [9.17, 15) is 4.79 Å². The Morgan fingerprint density at radius 1 is 1.16 bits per heavy atom. The number of hydrogen-bond donors (Lipinski definition) is 1. The molecule has 0 fully saturated rings. The lowest BCUT2D eigenvalue weighted by molar-refractivity contribution is 0.112. The third-order valence-corrected chi connectivity index (χ3v) is 2.92. The summed E-state index contributed by atoms with van der Waals surface area (Å²) < 4.78 is 5.70. The highest BCUT2D eigenvalue weighted by Gasteiger charge is 2.05. The number of nitrogens with zero attached hydrogens (tertiary/aromatic N) is 1. The first-order valence-electron chi connectivity index (χ1n) is 5.97. The standard InChI is InChI=1S/C15H12N2O2/c18-9-15-13-7-6-12(8-14(13)16-17-15)19-10-11-4-2-1-3-5-11/h1-9H,10H2,(H,16,17). The summed E-state index contributed by atoms with van der Waals surface area (Å²) in [5.41, 5.74) is 2.33. The third-order valence-electron chi connectivity index (χ3n) is 2.92. The van der Waals surface area contributed by atoms with Crippen LogP contribution in [0, 0.1) is 0 Å². The Balaban J connectivity index is 1.80. The van der Waals surface area contributed by atoms with Crippen molar-refractivity contribution in [2.45, 2.75) is 6.61 Å². The second kappa shape index (κ2) is 4.94. The lowest BCUT2D eigenvalue weighted by Gasteiger charge is -2.05. The van der Waals surface area contributed by atoms with Crippen LogP contribution in [-0.4, -0.2) is 16.5 Å². The van der Waals surface area contributed by atoms with E-state index in [4.69, 9.17) is 4.74 Å². The maximum Gasteiger partial charge on any atom is 0.168 e. The molecule has 0 saturated heterocycles. The molecule has 0 unspecified atom stereocenters. The lowest BCUT2D eigenvalue weighted by Crippen LogP contribution is -1.94. The molecule has 4 nitrogen and oxygen atoms in total. The first kappa shape index (κ1) is 11.5. The van der Waals surface area contributed by atoms with Gasteiger partial charge in [0, 0.05) is 11.5 Å². The molecule has 0 amide bonds. The molecule has 0 aliphatic rings. The highest BCUT2D eigenvalue weighted by molar-refractivity contribution is 5.95. The first-order chi connectivity index (χ1) is 9.36. The average molecular weight is 252 g/mol. The minimum Gasteiger partial charge on any atom is -0.489 e. The molecule has 1 N–H and O–H groups in total. The van der Waals surface area contributed by atoms with Crippen LogP contribution >= 0.6 is 0 Å². The summed E-state index contributed by atoms with van der Waals surface area (Å²) in [6.45, 7) is 0.511. The van der Waals surface area contributed by atoms with Gasteiger partial charge in [-0.2, -0.15) is 5.10 Å². The van der Waals surface area contributed by atoms with Crippen LogP contribution in [0.25, 0.3) is 10.9 Å². The van der Waals surface area contributed by atoms with Crippen LogP contribution in [-0.2, 0) is 6.61 Å². The molecule has 0 bridgehead atoms. The summed E-state index contributed by atoms with van der Waals surface area (Å²) in [6.07, 6.45) is 0.764. The van der Waals surface area contributed by atoms with Gasteiger partial charge in [0.05, 0.1) is 5.52 Å². The Morgan fingerprint density at radius 3 is 2.79 bits per heavy atom. The molecule has 94 valence electrons. The number of hydrogen-bond acceptors (Lipinski definition) is 3. The zero-order valence-corrected chi connectivity index (χ0v) is 10.2. The van der Waals surface area contributed by atoms with Crippen LogP contribution < -0.4 is 4.74 Å². The van der Waals surface area contributed by atoms with Crippen molar-refractivity contribution in [2.24, 2.45) is 0 Å². The highest BCUT2D eigenvalue weighted by atomic mass is 16.5. The number of benzene rings is 2. The smallest absolute Gasteiger partial charge is 0.168 e. The van der Waals surface area contributed by atoms with E-state index in [0.29, 0.717) is 12.3 Å². The van der Waals surface area contributed by atoms with Crippen LogP contribution in [0.5, 0.6) is 5.75 Å². The van der Waals surface area contributed by atoms with E-state index in [1.807, 2.05) is 48.5 Å². The summed E-state index contributed by atoms with van der Waals surface area (Å²) >= 11 is 0. The molecule has 19 heavy (non-hydrogen) atoms. The van der Waals surface area contributed by atoms with Crippen molar-refractivity contribution in [3.63, 3.8) is 0 Å². The summed E-state index contributed by atoms with van der Waals surface area (Å²) in [7, 11) is 0. The Hall–Kier alpha value is -2.62. The molecule has 1 aromatic heterocycles. The van der Waals surface area contributed by atoms with Gasteiger partial charge >= 0.3 is 0 Å². The topological polar surface area (TPSA) is 55.0 Å². The number of aromatic nitrogens is 2. The second-order valence-corrected chi connectivity index (χ2v) is 4.21. The SMILES string of the molecule is O=Cc1[nH]nc2cc(OCc3ccccc3)ccc12. The van der Waals surface area contributed by atoms with Crippen molar-refractivity contribution in [2.75, 3.05) is 0 Å². The van der Waals surface area contributed by atoms with E-state index in [1.54, 1.807) is 0 Å². The van der Waals surface area contributed by atoms with E-state index < -0.39 is 0 Å². The van der Waals surface area contributed by atoms with Gasteiger partial charge in [-0.1, -0.05) is 30.3 Å². The Morgan fingerprint density at radius 2 is 2.00 bits per heavy atom. The van der Waals surface area contributed by atoms with Crippen molar-refractivity contribution < 1.29 is 9.53 Å². The molecule has 0 radical (unpaired) electrons. The van der Waals surface area contributed by atoms with Crippen molar-refractivity contribution in [3.05, 3.63) is 59.8 Å². The number of aldehydes is 1. The van der Waals surface area contributed by atoms with E-state index in [1.165, 1.54) is 0 Å². The molecule has 3 rings (SSSR count). The molecule has 0 spiro atoms. The number of ether oxygens (including phenoxy) is 1. The number of carbonyl (C=O) groups excluding carboxylic acids is 1. The zero-order chi connectivity index (χ0) is 13.1. The highest BCUT2D eigenvalue weighted by Crippen LogP contribution is 2.21. The summed E-state index contributed by atoms with van der Waals surface area (Å²) in [5, 5.41) is 7.57. The van der Waals surface area contributed by atoms with Gasteiger partial charge in [-0.25, -0.2) is 0 Å². The minimum absolute atomic E-state index is 0.490. The summed E-state index contributed by atoms with van der Waals surface area (Å²) in [4.78, 5) is 10.8. The Bertz CT molecular complexity index is 704. The molecular weight excluding hydrogens is 240 g/mol. The normalized spacial score (nSPS) is 10.5. The molecule has 0 aliphatic carbocycles. The van der Waals surface area contributed by atoms with Crippen molar-refractivity contribution >= 4 is 17.2 Å². The number of nitrogens with one attached hydrogen (secondary N) is 1. The van der Waals surface area contributed by atoms with Gasteiger partial charge in [0.15, 0.2) is 6.29 Å². The van der Waals surface area contributed by atoms with Gasteiger partial charge in [-0.05, 0) is 17.7 Å². The maximum atomic E-state index is 10.8. The number of H-pyrrole nitrogens is 1. The Kier molecular flexibility index (Phi) is 2.98. The largest absolute Gasteiger partial charge is 0.489 e. The van der Waals surface area contributed by atoms with Crippen LogP contribution in [0.4, 0.5) is 0 Å². The van der Waals surface area contributed by atoms with Gasteiger partial charge in [-0.15, -0.1) is 0 Å². The van der Waals surface area contributed by atoms with Gasteiger partial charge in [0.1, 0.15) is 18.1 Å². The number of rotatable bonds is 4. The maximum absolute atomic E-state index is 10.8. The van der Waals surface area contributed by atoms with Crippen molar-refractivity contribution in [1.82, 2.24) is 10.2 Å². The Labute approximate surface area is 110 Å². The average Bonchev–Trinajstić information content (AvgIpc) is 2.88. The van der Waals surface area contributed by atoms with Crippen molar-refractivity contribution in [1.29, 1.82) is 0 Å². The molecule has 0 aliphatic heterocycles. The van der Waals surface area contributed by atoms with Crippen LogP contribution in [0.3, 0.4) is 0 Å². The predicted octanol–water partition coefficient (Wildman–Crippen LogP) is 2.95. The van der Waals surface area contributed by atoms with Gasteiger partial charge in [0.2, 0.25) is 0 Å². The van der Waals surface area contributed by atoms with Crippen LogP contribution in [0.2, 0.25) is 0 Å². The quantitative estimate of drug-likeness (QED) is 0.726. The molecule has 0 atom stereocenters. The molecular formula is C15H12N2O2. The monoisotopic (exact) mass is 252 g/mol. The van der Waals surface area contributed by atoms with Crippen LogP contribution in [0.15, 0.2) is 48.5 Å².